The molecule has 86 valence electrons. The quantitative estimate of drug-likeness (QED) is 0.750. The Balaban J connectivity index is 2.68. The Morgan fingerprint density at radius 3 is 2.41 bits per heavy atom. The number of methoxy groups -OCH3 is 1. The van der Waals surface area contributed by atoms with Crippen LogP contribution in [-0.2, 0) is 6.54 Å². The molecule has 17 heavy (non-hydrogen) atoms. The van der Waals surface area contributed by atoms with Crippen LogP contribution in [0.2, 0.25) is 0 Å². The first-order valence-corrected chi connectivity index (χ1v) is 4.88. The van der Waals surface area contributed by atoms with Gasteiger partial charge in [-0.25, -0.2) is 0 Å². The molecule has 0 amide bonds. The van der Waals surface area contributed by atoms with E-state index in [1.165, 1.54) is 0 Å². The third-order valence-electron chi connectivity index (χ3n) is 2.13. The molecule has 5 nitrogen and oxygen atoms in total. The normalized spacial score (nSPS) is 10.8. The maximum atomic E-state index is 8.77. The van der Waals surface area contributed by atoms with Gasteiger partial charge < -0.3 is 15.8 Å². The molecule has 0 fully saturated rings. The standard InChI is InChI=1S/C12H12N4O/c1-17-10-4-2-9(3-5-10)8-16-12(7-14)11(15)6-13/h2-5,16H,8,15H2,1H3. The average Bonchev–Trinajstić information content (AvgIpc) is 2.39. The second-order valence-corrected chi connectivity index (χ2v) is 3.21. The summed E-state index contributed by atoms with van der Waals surface area (Å²) in [4.78, 5) is 0. The highest BCUT2D eigenvalue weighted by atomic mass is 16.5. The largest absolute Gasteiger partial charge is 0.497 e. The van der Waals surface area contributed by atoms with E-state index in [4.69, 9.17) is 21.0 Å². The number of rotatable bonds is 4. The van der Waals surface area contributed by atoms with E-state index in [0.29, 0.717) is 6.54 Å². The van der Waals surface area contributed by atoms with Crippen LogP contribution < -0.4 is 15.8 Å². The number of nitrogens with zero attached hydrogens (tertiary/aromatic N) is 2. The van der Waals surface area contributed by atoms with E-state index in [-0.39, 0.29) is 11.4 Å². The number of allylic oxidation sites excluding steroid dienone is 2. The molecule has 0 aliphatic heterocycles. The van der Waals surface area contributed by atoms with Crippen LogP contribution in [0.5, 0.6) is 5.75 Å². The molecule has 1 rings (SSSR count). The van der Waals surface area contributed by atoms with Crippen molar-refractivity contribution >= 4 is 0 Å². The Hall–Kier alpha value is -2.66. The number of benzene rings is 1. The van der Waals surface area contributed by atoms with Crippen LogP contribution in [0.1, 0.15) is 5.56 Å². The number of nitriles is 2. The first kappa shape index (κ1) is 12.4. The van der Waals surface area contributed by atoms with Crippen LogP contribution in [0.3, 0.4) is 0 Å². The van der Waals surface area contributed by atoms with Gasteiger partial charge in [0.25, 0.3) is 0 Å². The average molecular weight is 228 g/mol. The van der Waals surface area contributed by atoms with Gasteiger partial charge in [0, 0.05) is 6.54 Å². The lowest BCUT2D eigenvalue weighted by Crippen LogP contribution is -2.16. The minimum Gasteiger partial charge on any atom is -0.497 e. The summed E-state index contributed by atoms with van der Waals surface area (Å²) in [6.07, 6.45) is 0. The van der Waals surface area contributed by atoms with Crippen LogP contribution in [-0.4, -0.2) is 7.11 Å². The Kier molecular flexibility index (Phi) is 4.41. The van der Waals surface area contributed by atoms with E-state index < -0.39 is 0 Å². The van der Waals surface area contributed by atoms with Crippen LogP contribution in [0.4, 0.5) is 0 Å². The summed E-state index contributed by atoms with van der Waals surface area (Å²) in [5.41, 5.74) is 6.29. The van der Waals surface area contributed by atoms with Crippen LogP contribution in [0, 0.1) is 22.7 Å². The highest BCUT2D eigenvalue weighted by Gasteiger charge is 2.01. The van der Waals surface area contributed by atoms with E-state index in [2.05, 4.69) is 5.32 Å². The van der Waals surface area contributed by atoms with Crippen LogP contribution in [0.25, 0.3) is 0 Å². The fourth-order valence-electron chi connectivity index (χ4n) is 1.18. The number of nitrogens with one attached hydrogen (secondary N) is 1. The molecule has 0 bridgehead atoms. The molecule has 3 N–H and O–H groups in total. The van der Waals surface area contributed by atoms with Gasteiger partial charge in [0.05, 0.1) is 7.11 Å². The van der Waals surface area contributed by atoms with E-state index in [9.17, 15) is 0 Å². The molecule has 1 aromatic rings. The van der Waals surface area contributed by atoms with Gasteiger partial charge in [-0.05, 0) is 17.7 Å². The maximum Gasteiger partial charge on any atom is 0.148 e. The van der Waals surface area contributed by atoms with Gasteiger partial charge in [0.2, 0.25) is 0 Å². The fourth-order valence-corrected chi connectivity index (χ4v) is 1.18. The van der Waals surface area contributed by atoms with Gasteiger partial charge in [-0.2, -0.15) is 10.5 Å². The third kappa shape index (κ3) is 3.44. The van der Waals surface area contributed by atoms with Crippen molar-refractivity contribution in [1.29, 1.82) is 10.5 Å². The molecule has 0 radical (unpaired) electrons. The van der Waals surface area contributed by atoms with Crippen molar-refractivity contribution in [3.63, 3.8) is 0 Å². The molecule has 0 aliphatic carbocycles. The van der Waals surface area contributed by atoms with Crippen molar-refractivity contribution in [3.05, 3.63) is 41.2 Å². The topological polar surface area (TPSA) is 94.9 Å². The zero-order chi connectivity index (χ0) is 12.7. The highest BCUT2D eigenvalue weighted by Crippen LogP contribution is 2.11. The lowest BCUT2D eigenvalue weighted by Gasteiger charge is -2.06. The van der Waals surface area contributed by atoms with Crippen molar-refractivity contribution in [2.45, 2.75) is 6.54 Å². The lowest BCUT2D eigenvalue weighted by molar-refractivity contribution is 0.414. The van der Waals surface area contributed by atoms with Crippen molar-refractivity contribution in [3.8, 4) is 17.9 Å². The number of hydrogen-bond acceptors (Lipinski definition) is 5. The van der Waals surface area contributed by atoms with Gasteiger partial charge in [-0.1, -0.05) is 12.1 Å². The molecule has 0 heterocycles. The number of nitrogens with two attached hydrogens (primary N) is 1. The second kappa shape index (κ2) is 6.04. The monoisotopic (exact) mass is 228 g/mol. The van der Waals surface area contributed by atoms with Crippen LogP contribution in [0.15, 0.2) is 35.7 Å². The molecule has 0 spiro atoms. The fraction of sp³-hybridized carbons (Fsp3) is 0.167. The lowest BCUT2D eigenvalue weighted by atomic mass is 10.2. The summed E-state index contributed by atoms with van der Waals surface area (Å²) in [7, 11) is 1.59. The zero-order valence-corrected chi connectivity index (χ0v) is 9.40. The summed E-state index contributed by atoms with van der Waals surface area (Å²) >= 11 is 0. The Morgan fingerprint density at radius 2 is 1.94 bits per heavy atom. The summed E-state index contributed by atoms with van der Waals surface area (Å²) in [6, 6.07) is 10.9. The second-order valence-electron chi connectivity index (χ2n) is 3.21. The zero-order valence-electron chi connectivity index (χ0n) is 9.40. The third-order valence-corrected chi connectivity index (χ3v) is 2.13. The molecule has 0 saturated heterocycles. The SMILES string of the molecule is COc1ccc(CNC(C#N)=C(N)C#N)cc1. The maximum absolute atomic E-state index is 8.77. The summed E-state index contributed by atoms with van der Waals surface area (Å²) in [5, 5.41) is 20.1. The van der Waals surface area contributed by atoms with Crippen LogP contribution >= 0.6 is 0 Å². The smallest absolute Gasteiger partial charge is 0.148 e. The summed E-state index contributed by atoms with van der Waals surface area (Å²) in [5.74, 6) is 0.765. The predicted molar refractivity (Wildman–Crippen MR) is 62.3 cm³/mol. The number of ether oxygens (including phenoxy) is 1. The molecule has 0 aromatic heterocycles. The van der Waals surface area contributed by atoms with Gasteiger partial charge in [-0.3, -0.25) is 0 Å². The first-order valence-electron chi connectivity index (χ1n) is 4.88. The Labute approximate surface area is 99.7 Å². The Bertz CT molecular complexity index is 491. The van der Waals surface area contributed by atoms with Crippen molar-refractivity contribution < 1.29 is 4.74 Å². The summed E-state index contributed by atoms with van der Waals surface area (Å²) in [6.45, 7) is 0.426. The minimum atomic E-state index is -0.110. The van der Waals surface area contributed by atoms with Gasteiger partial charge >= 0.3 is 0 Å². The van der Waals surface area contributed by atoms with Gasteiger partial charge in [0.1, 0.15) is 29.3 Å². The molecule has 0 aliphatic rings. The van der Waals surface area contributed by atoms with Crippen molar-refractivity contribution in [2.24, 2.45) is 5.73 Å². The summed E-state index contributed by atoms with van der Waals surface area (Å²) < 4.78 is 5.03. The molecule has 0 atom stereocenters. The van der Waals surface area contributed by atoms with E-state index in [1.807, 2.05) is 30.3 Å². The van der Waals surface area contributed by atoms with Crippen molar-refractivity contribution in [2.75, 3.05) is 7.11 Å². The highest BCUT2D eigenvalue weighted by molar-refractivity contribution is 5.34. The molecule has 1 aromatic carbocycles. The minimum absolute atomic E-state index is 0.0864. The van der Waals surface area contributed by atoms with Gasteiger partial charge in [-0.15, -0.1) is 0 Å². The van der Waals surface area contributed by atoms with E-state index >= 15 is 0 Å². The molecule has 0 unspecified atom stereocenters. The molecule has 5 heteroatoms. The molecule has 0 saturated carbocycles. The molecular formula is C12H12N4O. The van der Waals surface area contributed by atoms with E-state index in [0.717, 1.165) is 11.3 Å². The predicted octanol–water partition coefficient (Wildman–Crippen LogP) is 1.00. The van der Waals surface area contributed by atoms with Gasteiger partial charge in [0.15, 0.2) is 0 Å². The first-order chi connectivity index (χ1) is 8.21. The molecular weight excluding hydrogens is 216 g/mol. The van der Waals surface area contributed by atoms with Crippen molar-refractivity contribution in [1.82, 2.24) is 5.32 Å². The Morgan fingerprint density at radius 1 is 1.29 bits per heavy atom. The van der Waals surface area contributed by atoms with E-state index in [1.54, 1.807) is 13.2 Å². The number of hydrogen-bond donors (Lipinski definition) is 2.